The number of ether oxygens (including phenoxy) is 1. The molecule has 3 aromatic rings. The molecule has 0 radical (unpaired) electrons. The van der Waals surface area contributed by atoms with Crippen LogP contribution in [0, 0.1) is 0 Å². The van der Waals surface area contributed by atoms with Gasteiger partial charge in [0.2, 0.25) is 9.84 Å². The third-order valence-electron chi connectivity index (χ3n) is 5.49. The molecule has 0 aliphatic carbocycles. The summed E-state index contributed by atoms with van der Waals surface area (Å²) in [5, 5.41) is 11.2. The van der Waals surface area contributed by atoms with Gasteiger partial charge in [-0.1, -0.05) is 48.0 Å². The van der Waals surface area contributed by atoms with Gasteiger partial charge >= 0.3 is 6.09 Å². The molecule has 1 amide bonds. The van der Waals surface area contributed by atoms with Gasteiger partial charge in [0.25, 0.3) is 0 Å². The fourth-order valence-corrected chi connectivity index (χ4v) is 5.12. The Balaban J connectivity index is 1.75. The molecule has 3 aromatic carbocycles. The molecule has 0 saturated carbocycles. The molecule has 0 heterocycles. The van der Waals surface area contributed by atoms with Gasteiger partial charge in [0.1, 0.15) is 11.9 Å². The Bertz CT molecular complexity index is 1350. The summed E-state index contributed by atoms with van der Waals surface area (Å²) < 4.78 is 31.4. The average molecular weight is 544 g/mol. The molecule has 0 bridgehead atoms. The number of benzene rings is 3. The van der Waals surface area contributed by atoms with Gasteiger partial charge < -0.3 is 14.7 Å². The molecular formula is C28H30ClNO6S. The Morgan fingerprint density at radius 1 is 1.03 bits per heavy atom. The monoisotopic (exact) mass is 543 g/mol. The number of hydrogen-bond donors (Lipinski definition) is 1. The van der Waals surface area contributed by atoms with E-state index in [0.29, 0.717) is 23.3 Å². The van der Waals surface area contributed by atoms with Crippen molar-refractivity contribution < 1.29 is 27.9 Å². The van der Waals surface area contributed by atoms with Crippen LogP contribution in [-0.2, 0) is 21.0 Å². The van der Waals surface area contributed by atoms with E-state index < -0.39 is 27.6 Å². The van der Waals surface area contributed by atoms with Crippen LogP contribution in [0.5, 0.6) is 0 Å². The smallest absolute Gasteiger partial charge is 0.410 e. The van der Waals surface area contributed by atoms with Gasteiger partial charge in [0.05, 0.1) is 22.4 Å². The molecule has 0 aliphatic rings. The van der Waals surface area contributed by atoms with Crippen molar-refractivity contribution in [1.29, 1.82) is 0 Å². The molecule has 0 saturated heterocycles. The number of aliphatic hydroxyl groups is 1. The second kappa shape index (κ2) is 11.9. The largest absolute Gasteiger partial charge is 0.444 e. The fraction of sp³-hybridized carbons (Fsp3) is 0.286. The molecule has 9 heteroatoms. The van der Waals surface area contributed by atoms with E-state index in [1.165, 1.54) is 41.3 Å². The van der Waals surface area contributed by atoms with Crippen molar-refractivity contribution in [3.05, 3.63) is 94.5 Å². The lowest BCUT2D eigenvalue weighted by Crippen LogP contribution is -2.40. The van der Waals surface area contributed by atoms with E-state index in [2.05, 4.69) is 0 Å². The van der Waals surface area contributed by atoms with Gasteiger partial charge in [0, 0.05) is 17.1 Å². The van der Waals surface area contributed by atoms with E-state index in [9.17, 15) is 23.1 Å². The molecule has 0 aliphatic heterocycles. The summed E-state index contributed by atoms with van der Waals surface area (Å²) in [6.07, 6.45) is -0.534. The van der Waals surface area contributed by atoms with Crippen molar-refractivity contribution in [2.45, 2.75) is 48.7 Å². The highest BCUT2D eigenvalue weighted by Crippen LogP contribution is 2.23. The van der Waals surface area contributed by atoms with E-state index in [0.717, 1.165) is 5.56 Å². The van der Waals surface area contributed by atoms with Gasteiger partial charge in [-0.3, -0.25) is 4.79 Å². The van der Waals surface area contributed by atoms with Gasteiger partial charge in [-0.05, 0) is 74.7 Å². The Labute approximate surface area is 222 Å². The lowest BCUT2D eigenvalue weighted by Gasteiger charge is -2.29. The Kier molecular flexibility index (Phi) is 9.12. The highest BCUT2D eigenvalue weighted by Gasteiger charge is 2.25. The lowest BCUT2D eigenvalue weighted by molar-refractivity contribution is 0.0147. The summed E-state index contributed by atoms with van der Waals surface area (Å²) in [7, 11) is -3.79. The molecule has 1 atom stereocenters. The molecule has 0 unspecified atom stereocenters. The molecule has 0 fully saturated rings. The van der Waals surface area contributed by atoms with E-state index in [4.69, 9.17) is 16.3 Å². The van der Waals surface area contributed by atoms with Crippen molar-refractivity contribution in [3.63, 3.8) is 0 Å². The summed E-state index contributed by atoms with van der Waals surface area (Å²) in [5.74, 6) is 0. The van der Waals surface area contributed by atoms with Gasteiger partial charge in [-0.2, -0.15) is 0 Å². The minimum Gasteiger partial charge on any atom is -0.444 e. The number of carbonyl (C=O) groups excluding carboxylic acids is 2. The van der Waals surface area contributed by atoms with E-state index in [1.54, 1.807) is 57.2 Å². The Morgan fingerprint density at radius 2 is 1.70 bits per heavy atom. The van der Waals surface area contributed by atoms with Crippen LogP contribution in [0.25, 0.3) is 0 Å². The molecule has 196 valence electrons. The minimum absolute atomic E-state index is 0.00517. The lowest BCUT2D eigenvalue weighted by atomic mass is 10.1. The zero-order valence-corrected chi connectivity index (χ0v) is 22.5. The maximum atomic E-state index is 13.0. The third-order valence-corrected chi connectivity index (χ3v) is 7.49. The average Bonchev–Trinajstić information content (AvgIpc) is 2.85. The van der Waals surface area contributed by atoms with Crippen molar-refractivity contribution in [1.82, 2.24) is 4.90 Å². The summed E-state index contributed by atoms with van der Waals surface area (Å²) in [6.45, 7) is 5.52. The molecule has 3 rings (SSSR count). The minimum atomic E-state index is -3.79. The highest BCUT2D eigenvalue weighted by molar-refractivity contribution is 7.91. The second-order valence-corrected chi connectivity index (χ2v) is 12.0. The molecule has 1 N–H and O–H groups in total. The van der Waals surface area contributed by atoms with Crippen LogP contribution in [-0.4, -0.2) is 49.5 Å². The van der Waals surface area contributed by atoms with Crippen molar-refractivity contribution in [2.24, 2.45) is 0 Å². The van der Waals surface area contributed by atoms with Crippen LogP contribution in [0.15, 0.2) is 82.6 Å². The number of amides is 1. The van der Waals surface area contributed by atoms with Crippen molar-refractivity contribution in [3.8, 4) is 0 Å². The number of aliphatic hydroxyl groups excluding tert-OH is 1. The Morgan fingerprint density at radius 3 is 2.32 bits per heavy atom. The molecule has 7 nitrogen and oxygen atoms in total. The topological polar surface area (TPSA) is 101 Å². The standard InChI is InChI=1S/C28H30ClNO6S/c1-28(2,3)36-27(33)30(18-26(32)22-7-5-8-23(29)17-22)15-14-20-10-12-24(13-11-20)37(34,35)25-9-4-6-21(16-25)19-31/h4-13,16-17,19,26,32H,14-15,18H2,1-3H3/t26-/m1/s1. The first-order valence-electron chi connectivity index (χ1n) is 11.7. The van der Waals surface area contributed by atoms with Gasteiger partial charge in [-0.15, -0.1) is 0 Å². The molecule has 0 spiro atoms. The fourth-order valence-electron chi connectivity index (χ4n) is 3.60. The van der Waals surface area contributed by atoms with Crippen LogP contribution < -0.4 is 0 Å². The quantitative estimate of drug-likeness (QED) is 0.358. The number of carbonyl (C=O) groups is 2. The first-order valence-corrected chi connectivity index (χ1v) is 13.6. The van der Waals surface area contributed by atoms with Crippen LogP contribution in [0.4, 0.5) is 4.79 Å². The first-order chi connectivity index (χ1) is 17.4. The molecule has 0 aromatic heterocycles. The van der Waals surface area contributed by atoms with Crippen LogP contribution in [0.3, 0.4) is 0 Å². The van der Waals surface area contributed by atoms with Crippen molar-refractivity contribution >= 4 is 33.8 Å². The van der Waals surface area contributed by atoms with E-state index in [1.807, 2.05) is 0 Å². The zero-order valence-electron chi connectivity index (χ0n) is 20.9. The SMILES string of the molecule is CC(C)(C)OC(=O)N(CCc1ccc(S(=O)(=O)c2cccc(C=O)c2)cc1)C[C@@H](O)c1cccc(Cl)c1. The number of nitrogens with zero attached hydrogens (tertiary/aromatic N) is 1. The van der Waals surface area contributed by atoms with Crippen molar-refractivity contribution in [2.75, 3.05) is 13.1 Å². The summed E-state index contributed by atoms with van der Waals surface area (Å²) in [4.78, 5) is 25.5. The van der Waals surface area contributed by atoms with E-state index in [-0.39, 0.29) is 28.4 Å². The number of halogens is 1. The van der Waals surface area contributed by atoms with Crippen LogP contribution >= 0.6 is 11.6 Å². The zero-order chi connectivity index (χ0) is 27.2. The second-order valence-electron chi connectivity index (χ2n) is 9.58. The number of aldehydes is 1. The van der Waals surface area contributed by atoms with Gasteiger partial charge in [-0.25, -0.2) is 13.2 Å². The molecular weight excluding hydrogens is 514 g/mol. The number of rotatable bonds is 9. The predicted molar refractivity (Wildman–Crippen MR) is 142 cm³/mol. The molecule has 37 heavy (non-hydrogen) atoms. The highest BCUT2D eigenvalue weighted by atomic mass is 35.5. The number of hydrogen-bond acceptors (Lipinski definition) is 6. The first kappa shape index (κ1) is 28.4. The maximum Gasteiger partial charge on any atom is 0.410 e. The third kappa shape index (κ3) is 7.89. The summed E-state index contributed by atoms with van der Waals surface area (Å²) in [5.41, 5.74) is 0.939. The summed E-state index contributed by atoms with van der Waals surface area (Å²) >= 11 is 6.04. The normalized spacial score (nSPS) is 12.6. The maximum absolute atomic E-state index is 13.0. The Hall–Kier alpha value is -3.20. The number of sulfone groups is 1. The van der Waals surface area contributed by atoms with Crippen LogP contribution in [0.1, 0.15) is 48.4 Å². The van der Waals surface area contributed by atoms with Crippen LogP contribution in [0.2, 0.25) is 5.02 Å². The summed E-state index contributed by atoms with van der Waals surface area (Å²) in [6, 6.07) is 19.0. The van der Waals surface area contributed by atoms with E-state index >= 15 is 0 Å². The van der Waals surface area contributed by atoms with Gasteiger partial charge in [0.15, 0.2) is 0 Å². The predicted octanol–water partition coefficient (Wildman–Crippen LogP) is 5.50.